The molecule has 0 atom stereocenters. The molecule has 116 valence electrons. The maximum Gasteiger partial charge on any atom is 0.303 e. The minimum absolute atomic E-state index is 0.0895. The van der Waals surface area contributed by atoms with Gasteiger partial charge in [0.1, 0.15) is 0 Å². The fourth-order valence-corrected chi connectivity index (χ4v) is 3.21. The Balaban J connectivity index is 1.71. The van der Waals surface area contributed by atoms with Crippen LogP contribution < -0.4 is 5.32 Å². The first-order valence-corrected chi connectivity index (χ1v) is 8.12. The molecule has 0 bridgehead atoms. The van der Waals surface area contributed by atoms with Crippen molar-refractivity contribution < 1.29 is 19.2 Å². The van der Waals surface area contributed by atoms with Crippen molar-refractivity contribution in [1.29, 1.82) is 0 Å². The third-order valence-corrected chi connectivity index (χ3v) is 4.79. The molecule has 1 aliphatic carbocycles. The van der Waals surface area contributed by atoms with Crippen LogP contribution in [0.4, 0.5) is 5.88 Å². The summed E-state index contributed by atoms with van der Waals surface area (Å²) in [5.74, 6) is 0.688. The molecular weight excluding hydrogens is 292 g/mol. The molecule has 1 saturated carbocycles. The molecule has 21 heavy (non-hydrogen) atoms. The largest absolute Gasteiger partial charge is 0.481 e. The van der Waals surface area contributed by atoms with E-state index in [1.807, 2.05) is 13.8 Å². The molecule has 0 aliphatic heterocycles. The van der Waals surface area contributed by atoms with Crippen LogP contribution in [-0.2, 0) is 9.59 Å². The van der Waals surface area contributed by atoms with Gasteiger partial charge >= 0.3 is 5.97 Å². The van der Waals surface area contributed by atoms with Gasteiger partial charge < -0.3 is 9.63 Å². The van der Waals surface area contributed by atoms with Gasteiger partial charge in [0.2, 0.25) is 11.8 Å². The number of thioether (sulfide) groups is 1. The van der Waals surface area contributed by atoms with Crippen LogP contribution in [0, 0.1) is 5.41 Å². The van der Waals surface area contributed by atoms with E-state index in [2.05, 4.69) is 10.5 Å². The molecule has 1 heterocycles. The first-order chi connectivity index (χ1) is 9.90. The Hall–Kier alpha value is -1.50. The van der Waals surface area contributed by atoms with E-state index < -0.39 is 5.97 Å². The van der Waals surface area contributed by atoms with Crippen LogP contribution in [0.3, 0.4) is 0 Å². The zero-order valence-corrected chi connectivity index (χ0v) is 13.0. The van der Waals surface area contributed by atoms with E-state index in [1.165, 1.54) is 11.8 Å². The monoisotopic (exact) mass is 312 g/mol. The van der Waals surface area contributed by atoms with Crippen molar-refractivity contribution in [3.8, 4) is 0 Å². The number of hydrogen-bond donors (Lipinski definition) is 2. The maximum absolute atomic E-state index is 11.8. The number of carboxylic acid groups (broad SMARTS) is 1. The fourth-order valence-electron chi connectivity index (χ4n) is 2.02. The SMILES string of the molecule is CC(C)c1cc(NC(=O)CSCC2(CC(=O)O)CC2)on1. The van der Waals surface area contributed by atoms with E-state index in [1.54, 1.807) is 6.07 Å². The third-order valence-electron chi connectivity index (χ3n) is 3.51. The van der Waals surface area contributed by atoms with Crippen LogP contribution in [-0.4, -0.2) is 33.6 Å². The molecule has 0 aromatic carbocycles. The highest BCUT2D eigenvalue weighted by Crippen LogP contribution is 2.50. The summed E-state index contributed by atoms with van der Waals surface area (Å²) in [4.78, 5) is 22.5. The quantitative estimate of drug-likeness (QED) is 0.766. The number of carbonyl (C=O) groups excluding carboxylic acids is 1. The van der Waals surface area contributed by atoms with E-state index >= 15 is 0 Å². The molecule has 1 aliphatic rings. The minimum atomic E-state index is -0.763. The Kier molecular flexibility index (Phi) is 4.92. The predicted molar refractivity (Wildman–Crippen MR) is 80.5 cm³/mol. The van der Waals surface area contributed by atoms with Crippen LogP contribution in [0.15, 0.2) is 10.6 Å². The van der Waals surface area contributed by atoms with E-state index in [-0.39, 0.29) is 23.7 Å². The molecule has 0 spiro atoms. The number of nitrogens with zero attached hydrogens (tertiary/aromatic N) is 1. The van der Waals surface area contributed by atoms with Gasteiger partial charge in [-0.1, -0.05) is 19.0 Å². The van der Waals surface area contributed by atoms with Gasteiger partial charge in [-0.05, 0) is 29.9 Å². The van der Waals surface area contributed by atoms with Crippen LogP contribution in [0.25, 0.3) is 0 Å². The van der Waals surface area contributed by atoms with E-state index in [9.17, 15) is 9.59 Å². The van der Waals surface area contributed by atoms with Gasteiger partial charge in [-0.3, -0.25) is 14.9 Å². The summed E-state index contributed by atoms with van der Waals surface area (Å²) >= 11 is 1.47. The normalized spacial score (nSPS) is 16.0. The smallest absolute Gasteiger partial charge is 0.303 e. The second kappa shape index (κ2) is 6.51. The maximum atomic E-state index is 11.8. The number of aliphatic carboxylic acids is 1. The number of nitrogens with one attached hydrogen (secondary N) is 1. The number of carbonyl (C=O) groups is 2. The summed E-state index contributed by atoms with van der Waals surface area (Å²) in [6.45, 7) is 3.99. The van der Waals surface area contributed by atoms with Crippen LogP contribution in [0.5, 0.6) is 0 Å². The summed E-state index contributed by atoms with van der Waals surface area (Å²) < 4.78 is 5.04. The molecular formula is C14H20N2O4S. The van der Waals surface area contributed by atoms with Gasteiger partial charge in [0.05, 0.1) is 17.9 Å². The van der Waals surface area contributed by atoms with Crippen molar-refractivity contribution in [2.45, 2.75) is 39.0 Å². The lowest BCUT2D eigenvalue weighted by atomic mass is 10.1. The minimum Gasteiger partial charge on any atom is -0.481 e. The van der Waals surface area contributed by atoms with Crippen molar-refractivity contribution in [1.82, 2.24) is 5.16 Å². The van der Waals surface area contributed by atoms with Gasteiger partial charge in [-0.2, -0.15) is 11.8 Å². The van der Waals surface area contributed by atoms with Gasteiger partial charge in [0.15, 0.2) is 0 Å². The molecule has 2 N–H and O–H groups in total. The van der Waals surface area contributed by atoms with E-state index in [4.69, 9.17) is 9.63 Å². The van der Waals surface area contributed by atoms with Crippen molar-refractivity contribution in [3.63, 3.8) is 0 Å². The summed E-state index contributed by atoms with van der Waals surface area (Å²) in [7, 11) is 0. The van der Waals surface area contributed by atoms with Crippen molar-refractivity contribution in [3.05, 3.63) is 11.8 Å². The van der Waals surface area contributed by atoms with Crippen molar-refractivity contribution in [2.75, 3.05) is 16.8 Å². The average Bonchev–Trinajstić information content (AvgIpc) is 2.96. The van der Waals surface area contributed by atoms with Crippen molar-refractivity contribution >= 4 is 29.5 Å². The Morgan fingerprint density at radius 2 is 2.24 bits per heavy atom. The standard InChI is InChI=1S/C14H20N2O4S/c1-9(2)10-5-12(20-16-10)15-11(17)7-21-8-14(3-4-14)6-13(18)19/h5,9H,3-4,6-8H2,1-2H3,(H,15,17)(H,18,19). The van der Waals surface area contributed by atoms with Crippen LogP contribution in [0.1, 0.15) is 44.7 Å². The molecule has 0 unspecified atom stereocenters. The van der Waals surface area contributed by atoms with Gasteiger partial charge in [0, 0.05) is 6.07 Å². The lowest BCUT2D eigenvalue weighted by molar-refractivity contribution is -0.138. The number of anilines is 1. The highest BCUT2D eigenvalue weighted by atomic mass is 32.2. The third kappa shape index (κ3) is 4.77. The topological polar surface area (TPSA) is 92.4 Å². The first kappa shape index (κ1) is 15.9. The van der Waals surface area contributed by atoms with Crippen LogP contribution >= 0.6 is 11.8 Å². The second-order valence-corrected chi connectivity index (χ2v) is 6.87. The van der Waals surface area contributed by atoms with E-state index in [0.717, 1.165) is 18.5 Å². The first-order valence-electron chi connectivity index (χ1n) is 6.96. The Bertz CT molecular complexity index is 523. The van der Waals surface area contributed by atoms with Gasteiger partial charge in [-0.25, -0.2) is 0 Å². The molecule has 1 aromatic heterocycles. The van der Waals surface area contributed by atoms with Gasteiger partial charge in [-0.15, -0.1) is 0 Å². The molecule has 6 nitrogen and oxygen atoms in total. The Labute approximate surface area is 127 Å². The lowest BCUT2D eigenvalue weighted by Crippen LogP contribution is -2.16. The lowest BCUT2D eigenvalue weighted by Gasteiger charge is -2.11. The summed E-state index contributed by atoms with van der Waals surface area (Å²) in [6, 6.07) is 1.72. The molecule has 1 amide bonds. The number of amides is 1. The zero-order chi connectivity index (χ0) is 15.5. The molecule has 0 saturated heterocycles. The summed E-state index contributed by atoms with van der Waals surface area (Å²) in [6.07, 6.45) is 2.07. The van der Waals surface area contributed by atoms with E-state index in [0.29, 0.717) is 17.4 Å². The average molecular weight is 312 g/mol. The number of carboxylic acids is 1. The second-order valence-electron chi connectivity index (χ2n) is 5.88. The molecule has 0 radical (unpaired) electrons. The highest BCUT2D eigenvalue weighted by Gasteiger charge is 2.44. The van der Waals surface area contributed by atoms with Crippen molar-refractivity contribution in [2.24, 2.45) is 5.41 Å². The molecule has 1 fully saturated rings. The number of aromatic nitrogens is 1. The van der Waals surface area contributed by atoms with Gasteiger partial charge in [0.25, 0.3) is 0 Å². The number of hydrogen-bond acceptors (Lipinski definition) is 5. The zero-order valence-electron chi connectivity index (χ0n) is 12.2. The van der Waals surface area contributed by atoms with Crippen LogP contribution in [0.2, 0.25) is 0 Å². The molecule has 7 heteroatoms. The molecule has 2 rings (SSSR count). The Morgan fingerprint density at radius 1 is 1.52 bits per heavy atom. The summed E-state index contributed by atoms with van der Waals surface area (Å²) in [5.41, 5.74) is 0.713. The highest BCUT2D eigenvalue weighted by molar-refractivity contribution is 8.00. The molecule has 1 aromatic rings. The predicted octanol–water partition coefficient (Wildman–Crippen LogP) is 2.72. The fraction of sp³-hybridized carbons (Fsp3) is 0.643. The Morgan fingerprint density at radius 3 is 2.76 bits per heavy atom. The number of rotatable bonds is 8. The summed E-state index contributed by atoms with van der Waals surface area (Å²) in [5, 5.41) is 15.4.